The summed E-state index contributed by atoms with van der Waals surface area (Å²) in [6.45, 7) is 6.86. The van der Waals surface area contributed by atoms with Gasteiger partial charge in [0.05, 0.1) is 17.7 Å². The molecule has 1 N–H and O–H groups in total. The lowest BCUT2D eigenvalue weighted by Gasteiger charge is -2.21. The van der Waals surface area contributed by atoms with Crippen LogP contribution >= 0.6 is 11.8 Å². The second-order valence-electron chi connectivity index (χ2n) is 5.70. The Kier molecular flexibility index (Phi) is 5.00. The van der Waals surface area contributed by atoms with E-state index in [1.54, 1.807) is 24.7 Å². The standard InChI is InChI=1S/C15H19F2N3S/c1-15(2,3)19-9-11-8-18-10-20(11)12-6-4-5-7-13(12)21-14(16)17/h4-8,10,14,19H,9H2,1-3H3. The summed E-state index contributed by atoms with van der Waals surface area (Å²) in [5.41, 5.74) is 1.64. The molecule has 114 valence electrons. The van der Waals surface area contributed by atoms with Crippen molar-refractivity contribution in [3.8, 4) is 5.69 Å². The number of benzene rings is 1. The minimum Gasteiger partial charge on any atom is -0.306 e. The van der Waals surface area contributed by atoms with Gasteiger partial charge in [-0.05, 0) is 32.9 Å². The monoisotopic (exact) mass is 311 g/mol. The van der Waals surface area contributed by atoms with Gasteiger partial charge in [-0.25, -0.2) is 4.98 Å². The number of halogens is 2. The van der Waals surface area contributed by atoms with Gasteiger partial charge in [-0.1, -0.05) is 23.9 Å². The quantitative estimate of drug-likeness (QED) is 0.844. The van der Waals surface area contributed by atoms with E-state index < -0.39 is 5.76 Å². The van der Waals surface area contributed by atoms with E-state index in [0.29, 0.717) is 23.2 Å². The lowest BCUT2D eigenvalue weighted by molar-refractivity contribution is 0.252. The molecule has 21 heavy (non-hydrogen) atoms. The lowest BCUT2D eigenvalue weighted by atomic mass is 10.1. The maximum absolute atomic E-state index is 12.7. The smallest absolute Gasteiger partial charge is 0.288 e. The summed E-state index contributed by atoms with van der Waals surface area (Å²) in [5.74, 6) is -2.44. The number of para-hydroxylation sites is 1. The van der Waals surface area contributed by atoms with Crippen LogP contribution in [0.25, 0.3) is 5.69 Å². The number of thioether (sulfide) groups is 1. The number of aromatic nitrogens is 2. The molecule has 1 heterocycles. The van der Waals surface area contributed by atoms with Crippen LogP contribution in [0.1, 0.15) is 26.5 Å². The van der Waals surface area contributed by atoms with Crippen LogP contribution in [0.4, 0.5) is 8.78 Å². The summed E-state index contributed by atoms with van der Waals surface area (Å²) < 4.78 is 27.2. The van der Waals surface area contributed by atoms with Crippen LogP contribution in [0.15, 0.2) is 41.7 Å². The fourth-order valence-corrected chi connectivity index (χ4v) is 2.51. The number of alkyl halides is 2. The molecule has 0 aliphatic rings. The molecule has 1 aromatic carbocycles. The molecule has 1 aromatic heterocycles. The van der Waals surface area contributed by atoms with Crippen LogP contribution in [-0.2, 0) is 6.54 Å². The lowest BCUT2D eigenvalue weighted by Crippen LogP contribution is -2.35. The summed E-state index contributed by atoms with van der Waals surface area (Å²) in [5, 5.41) is 3.38. The van der Waals surface area contributed by atoms with Gasteiger partial charge in [-0.15, -0.1) is 0 Å². The Morgan fingerprint density at radius 1 is 1.29 bits per heavy atom. The number of nitrogens with zero attached hydrogens (tertiary/aromatic N) is 2. The topological polar surface area (TPSA) is 29.9 Å². The molecule has 0 saturated carbocycles. The highest BCUT2D eigenvalue weighted by molar-refractivity contribution is 7.99. The normalized spacial score (nSPS) is 12.1. The van der Waals surface area contributed by atoms with Crippen LogP contribution in [0.2, 0.25) is 0 Å². The van der Waals surface area contributed by atoms with E-state index in [0.717, 1.165) is 11.4 Å². The Balaban J connectivity index is 2.29. The van der Waals surface area contributed by atoms with Crippen molar-refractivity contribution in [1.29, 1.82) is 0 Å². The fraction of sp³-hybridized carbons (Fsp3) is 0.400. The van der Waals surface area contributed by atoms with Gasteiger partial charge >= 0.3 is 0 Å². The second kappa shape index (κ2) is 6.58. The first-order valence-corrected chi connectivity index (χ1v) is 7.55. The Bertz CT molecular complexity index is 591. The van der Waals surface area contributed by atoms with Gasteiger partial charge in [0.2, 0.25) is 0 Å². The highest BCUT2D eigenvalue weighted by Gasteiger charge is 2.15. The first-order chi connectivity index (χ1) is 9.87. The van der Waals surface area contributed by atoms with E-state index in [1.807, 2.05) is 16.7 Å². The van der Waals surface area contributed by atoms with Gasteiger partial charge in [-0.3, -0.25) is 0 Å². The third-order valence-corrected chi connectivity index (χ3v) is 3.63. The van der Waals surface area contributed by atoms with Crippen LogP contribution < -0.4 is 5.32 Å². The van der Waals surface area contributed by atoms with E-state index in [-0.39, 0.29) is 5.54 Å². The molecule has 0 aliphatic heterocycles. The molecule has 0 aliphatic carbocycles. The molecule has 0 spiro atoms. The van der Waals surface area contributed by atoms with Crippen molar-refractivity contribution < 1.29 is 8.78 Å². The maximum atomic E-state index is 12.7. The summed E-state index contributed by atoms with van der Waals surface area (Å²) in [4.78, 5) is 4.69. The highest BCUT2D eigenvalue weighted by atomic mass is 32.2. The average Bonchev–Trinajstić information content (AvgIpc) is 2.83. The van der Waals surface area contributed by atoms with E-state index in [1.165, 1.54) is 0 Å². The molecule has 0 fully saturated rings. The maximum Gasteiger partial charge on any atom is 0.288 e. The van der Waals surface area contributed by atoms with Crippen molar-refractivity contribution in [1.82, 2.24) is 14.9 Å². The summed E-state index contributed by atoms with van der Waals surface area (Å²) in [6.07, 6.45) is 3.41. The molecule has 0 atom stereocenters. The van der Waals surface area contributed by atoms with Gasteiger partial charge in [0, 0.05) is 23.2 Å². The van der Waals surface area contributed by atoms with Crippen molar-refractivity contribution >= 4 is 11.8 Å². The first kappa shape index (κ1) is 16.0. The molecule has 0 amide bonds. The number of hydrogen-bond donors (Lipinski definition) is 1. The van der Waals surface area contributed by atoms with Crippen molar-refractivity contribution in [2.24, 2.45) is 0 Å². The largest absolute Gasteiger partial charge is 0.306 e. The van der Waals surface area contributed by atoms with Crippen molar-refractivity contribution in [2.45, 2.75) is 43.5 Å². The van der Waals surface area contributed by atoms with Crippen molar-refractivity contribution in [3.63, 3.8) is 0 Å². The molecule has 0 unspecified atom stereocenters. The molecular formula is C15H19F2N3S. The highest BCUT2D eigenvalue weighted by Crippen LogP contribution is 2.31. The van der Waals surface area contributed by atoms with E-state index in [9.17, 15) is 8.78 Å². The van der Waals surface area contributed by atoms with Crippen LogP contribution in [-0.4, -0.2) is 20.8 Å². The van der Waals surface area contributed by atoms with E-state index in [2.05, 4.69) is 31.1 Å². The zero-order chi connectivity index (χ0) is 15.5. The van der Waals surface area contributed by atoms with Crippen LogP contribution in [0.3, 0.4) is 0 Å². The summed E-state index contributed by atoms with van der Waals surface area (Å²) in [7, 11) is 0. The number of rotatable bonds is 5. The van der Waals surface area contributed by atoms with Gasteiger partial charge in [0.25, 0.3) is 5.76 Å². The third-order valence-electron chi connectivity index (χ3n) is 2.86. The number of hydrogen-bond acceptors (Lipinski definition) is 3. The zero-order valence-electron chi connectivity index (χ0n) is 12.3. The molecule has 0 radical (unpaired) electrons. The number of nitrogens with one attached hydrogen (secondary N) is 1. The summed E-state index contributed by atoms with van der Waals surface area (Å²) in [6, 6.07) is 7.13. The van der Waals surface area contributed by atoms with Gasteiger partial charge in [-0.2, -0.15) is 8.78 Å². The van der Waals surface area contributed by atoms with E-state index in [4.69, 9.17) is 0 Å². The van der Waals surface area contributed by atoms with Gasteiger partial charge < -0.3 is 9.88 Å². The predicted octanol–water partition coefficient (Wildman–Crippen LogP) is 4.08. The van der Waals surface area contributed by atoms with Crippen LogP contribution in [0.5, 0.6) is 0 Å². The Hall–Kier alpha value is -1.40. The molecule has 0 saturated heterocycles. The Morgan fingerprint density at radius 2 is 2.00 bits per heavy atom. The SMILES string of the molecule is CC(C)(C)NCc1cncn1-c1ccccc1SC(F)F. The summed E-state index contributed by atoms with van der Waals surface area (Å²) >= 11 is 0.553. The molecule has 2 aromatic rings. The predicted molar refractivity (Wildman–Crippen MR) is 82.0 cm³/mol. The van der Waals surface area contributed by atoms with E-state index >= 15 is 0 Å². The third kappa shape index (κ3) is 4.54. The van der Waals surface area contributed by atoms with Crippen LogP contribution in [0, 0.1) is 0 Å². The van der Waals surface area contributed by atoms with Gasteiger partial charge in [0.15, 0.2) is 0 Å². The number of imidazole rings is 1. The molecule has 0 bridgehead atoms. The Labute approximate surface area is 127 Å². The van der Waals surface area contributed by atoms with Gasteiger partial charge in [0.1, 0.15) is 0 Å². The van der Waals surface area contributed by atoms with Crippen molar-refractivity contribution in [3.05, 3.63) is 42.5 Å². The molecule has 2 rings (SSSR count). The minimum absolute atomic E-state index is 0.0215. The van der Waals surface area contributed by atoms with Crippen molar-refractivity contribution in [2.75, 3.05) is 0 Å². The Morgan fingerprint density at radius 3 is 2.67 bits per heavy atom. The molecule has 3 nitrogen and oxygen atoms in total. The zero-order valence-corrected chi connectivity index (χ0v) is 13.1. The average molecular weight is 311 g/mol. The molecular weight excluding hydrogens is 292 g/mol. The molecule has 6 heteroatoms. The fourth-order valence-electron chi connectivity index (χ4n) is 1.88. The second-order valence-corrected chi connectivity index (χ2v) is 6.74. The first-order valence-electron chi connectivity index (χ1n) is 6.67. The minimum atomic E-state index is -2.44.